The summed E-state index contributed by atoms with van der Waals surface area (Å²) < 4.78 is 1.15. The van der Waals surface area contributed by atoms with E-state index < -0.39 is 0 Å². The third-order valence-electron chi connectivity index (χ3n) is 2.51. The molecule has 0 saturated heterocycles. The van der Waals surface area contributed by atoms with E-state index in [0.29, 0.717) is 12.0 Å². The van der Waals surface area contributed by atoms with Crippen molar-refractivity contribution in [2.45, 2.75) is 32.7 Å². The first-order valence-corrected chi connectivity index (χ1v) is 5.89. The van der Waals surface area contributed by atoms with Gasteiger partial charge in [0.05, 0.1) is 0 Å². The highest BCUT2D eigenvalue weighted by Crippen LogP contribution is 2.14. The lowest BCUT2D eigenvalue weighted by Gasteiger charge is -2.15. The smallest absolute Gasteiger partial charge is 0.0177 e. The van der Waals surface area contributed by atoms with Gasteiger partial charge in [-0.25, -0.2) is 0 Å². The zero-order valence-electron chi connectivity index (χ0n) is 8.83. The largest absolute Gasteiger partial charge is 0.327 e. The number of aryl methyl sites for hydroxylation is 1. The van der Waals surface area contributed by atoms with E-state index in [-0.39, 0.29) is 0 Å². The summed E-state index contributed by atoms with van der Waals surface area (Å²) >= 11 is 3.47. The van der Waals surface area contributed by atoms with Gasteiger partial charge in [0.15, 0.2) is 0 Å². The summed E-state index contributed by atoms with van der Waals surface area (Å²) in [6.07, 6.45) is 2.13. The number of rotatable bonds is 4. The van der Waals surface area contributed by atoms with Crippen molar-refractivity contribution in [1.29, 1.82) is 0 Å². The summed E-state index contributed by atoms with van der Waals surface area (Å²) in [4.78, 5) is 0. The lowest BCUT2D eigenvalue weighted by atomic mass is 9.98. The molecule has 0 bridgehead atoms. The SMILES string of the molecule is CC(C)C(N)CCc1cccc(Br)c1. The van der Waals surface area contributed by atoms with Gasteiger partial charge in [-0.05, 0) is 36.5 Å². The number of hydrogen-bond donors (Lipinski definition) is 1. The first-order valence-electron chi connectivity index (χ1n) is 5.09. The zero-order chi connectivity index (χ0) is 10.6. The quantitative estimate of drug-likeness (QED) is 0.878. The molecule has 0 aliphatic rings. The third-order valence-corrected chi connectivity index (χ3v) is 3.00. The molecule has 1 aromatic carbocycles. The van der Waals surface area contributed by atoms with Crippen molar-refractivity contribution in [1.82, 2.24) is 0 Å². The summed E-state index contributed by atoms with van der Waals surface area (Å²) in [5, 5.41) is 0. The summed E-state index contributed by atoms with van der Waals surface area (Å²) in [6.45, 7) is 4.34. The Morgan fingerprint density at radius 2 is 2.07 bits per heavy atom. The molecule has 0 amide bonds. The highest BCUT2D eigenvalue weighted by Gasteiger charge is 2.07. The Morgan fingerprint density at radius 1 is 1.36 bits per heavy atom. The Bertz CT molecular complexity index is 283. The van der Waals surface area contributed by atoms with E-state index in [0.717, 1.165) is 17.3 Å². The Kier molecular flexibility index (Phi) is 4.63. The van der Waals surface area contributed by atoms with Crippen LogP contribution in [-0.2, 0) is 6.42 Å². The van der Waals surface area contributed by atoms with Crippen LogP contribution in [0, 0.1) is 5.92 Å². The van der Waals surface area contributed by atoms with E-state index in [1.807, 2.05) is 6.07 Å². The van der Waals surface area contributed by atoms with Crippen LogP contribution in [0.1, 0.15) is 25.8 Å². The molecule has 0 fully saturated rings. The van der Waals surface area contributed by atoms with Gasteiger partial charge in [-0.2, -0.15) is 0 Å². The molecule has 0 heterocycles. The van der Waals surface area contributed by atoms with Crippen molar-refractivity contribution in [3.8, 4) is 0 Å². The topological polar surface area (TPSA) is 26.0 Å². The van der Waals surface area contributed by atoms with E-state index in [2.05, 4.69) is 48.0 Å². The molecule has 1 atom stereocenters. The molecule has 14 heavy (non-hydrogen) atoms. The van der Waals surface area contributed by atoms with Crippen molar-refractivity contribution in [2.24, 2.45) is 11.7 Å². The molecule has 0 aliphatic carbocycles. The second-order valence-electron chi connectivity index (χ2n) is 4.08. The molecule has 2 N–H and O–H groups in total. The van der Waals surface area contributed by atoms with Gasteiger partial charge in [-0.1, -0.05) is 41.9 Å². The second-order valence-corrected chi connectivity index (χ2v) is 4.99. The first-order chi connectivity index (χ1) is 6.59. The minimum Gasteiger partial charge on any atom is -0.327 e. The molecule has 0 aliphatic heterocycles. The molecular formula is C12H18BrN. The van der Waals surface area contributed by atoms with Crippen molar-refractivity contribution in [2.75, 3.05) is 0 Å². The highest BCUT2D eigenvalue weighted by molar-refractivity contribution is 9.10. The van der Waals surface area contributed by atoms with Crippen LogP contribution >= 0.6 is 15.9 Å². The lowest BCUT2D eigenvalue weighted by molar-refractivity contribution is 0.464. The fraction of sp³-hybridized carbons (Fsp3) is 0.500. The molecule has 0 aromatic heterocycles. The Hall–Kier alpha value is -0.340. The standard InChI is InChI=1S/C12H18BrN/c1-9(2)12(14)7-6-10-4-3-5-11(13)8-10/h3-5,8-9,12H,6-7,14H2,1-2H3. The van der Waals surface area contributed by atoms with Gasteiger partial charge in [-0.15, -0.1) is 0 Å². The average molecular weight is 256 g/mol. The highest BCUT2D eigenvalue weighted by atomic mass is 79.9. The van der Waals surface area contributed by atoms with Gasteiger partial charge < -0.3 is 5.73 Å². The predicted molar refractivity (Wildman–Crippen MR) is 65.3 cm³/mol. The van der Waals surface area contributed by atoms with Crippen molar-refractivity contribution in [3.05, 3.63) is 34.3 Å². The number of halogens is 1. The number of hydrogen-bond acceptors (Lipinski definition) is 1. The van der Waals surface area contributed by atoms with Gasteiger partial charge in [-0.3, -0.25) is 0 Å². The second kappa shape index (κ2) is 5.52. The van der Waals surface area contributed by atoms with E-state index in [1.165, 1.54) is 5.56 Å². The number of nitrogens with two attached hydrogens (primary N) is 1. The average Bonchev–Trinajstić information content (AvgIpc) is 2.14. The van der Waals surface area contributed by atoms with E-state index in [1.54, 1.807) is 0 Å². The number of benzene rings is 1. The van der Waals surface area contributed by atoms with Gasteiger partial charge >= 0.3 is 0 Å². The molecule has 0 saturated carbocycles. The molecular weight excluding hydrogens is 238 g/mol. The zero-order valence-corrected chi connectivity index (χ0v) is 10.4. The van der Waals surface area contributed by atoms with Crippen LogP contribution in [0.2, 0.25) is 0 Å². The van der Waals surface area contributed by atoms with E-state index in [4.69, 9.17) is 5.73 Å². The molecule has 1 rings (SSSR count). The van der Waals surface area contributed by atoms with Crippen LogP contribution in [0.25, 0.3) is 0 Å². The van der Waals surface area contributed by atoms with Crippen LogP contribution in [0.15, 0.2) is 28.7 Å². The molecule has 2 heteroatoms. The minimum atomic E-state index is 0.314. The van der Waals surface area contributed by atoms with Gasteiger partial charge in [0, 0.05) is 10.5 Å². The van der Waals surface area contributed by atoms with Crippen molar-refractivity contribution in [3.63, 3.8) is 0 Å². The molecule has 1 aromatic rings. The Morgan fingerprint density at radius 3 is 2.64 bits per heavy atom. The summed E-state index contributed by atoms with van der Waals surface area (Å²) in [7, 11) is 0. The maximum Gasteiger partial charge on any atom is 0.0177 e. The van der Waals surface area contributed by atoms with Gasteiger partial charge in [0.2, 0.25) is 0 Å². The van der Waals surface area contributed by atoms with Gasteiger partial charge in [0.1, 0.15) is 0 Å². The molecule has 0 spiro atoms. The fourth-order valence-electron chi connectivity index (χ4n) is 1.36. The lowest BCUT2D eigenvalue weighted by Crippen LogP contribution is -2.26. The monoisotopic (exact) mass is 255 g/mol. The predicted octanol–water partition coefficient (Wildman–Crippen LogP) is 3.37. The fourth-order valence-corrected chi connectivity index (χ4v) is 1.81. The summed E-state index contributed by atoms with van der Waals surface area (Å²) in [5.41, 5.74) is 7.35. The van der Waals surface area contributed by atoms with Gasteiger partial charge in [0.25, 0.3) is 0 Å². The van der Waals surface area contributed by atoms with Crippen molar-refractivity contribution < 1.29 is 0 Å². The minimum absolute atomic E-state index is 0.314. The maximum absolute atomic E-state index is 5.99. The van der Waals surface area contributed by atoms with Crippen LogP contribution in [0.4, 0.5) is 0 Å². The van der Waals surface area contributed by atoms with Crippen LogP contribution in [0.3, 0.4) is 0 Å². The Balaban J connectivity index is 2.45. The van der Waals surface area contributed by atoms with Crippen LogP contribution in [-0.4, -0.2) is 6.04 Å². The third kappa shape index (κ3) is 3.81. The van der Waals surface area contributed by atoms with Crippen molar-refractivity contribution >= 4 is 15.9 Å². The molecule has 1 nitrogen and oxygen atoms in total. The van der Waals surface area contributed by atoms with Crippen LogP contribution in [0.5, 0.6) is 0 Å². The normalized spacial score (nSPS) is 13.2. The summed E-state index contributed by atoms with van der Waals surface area (Å²) in [5.74, 6) is 0.571. The van der Waals surface area contributed by atoms with Crippen LogP contribution < -0.4 is 5.73 Å². The Labute approximate surface area is 94.8 Å². The maximum atomic E-state index is 5.99. The first kappa shape index (κ1) is 11.7. The van der Waals surface area contributed by atoms with E-state index >= 15 is 0 Å². The summed E-state index contributed by atoms with van der Waals surface area (Å²) in [6, 6.07) is 8.74. The molecule has 78 valence electrons. The molecule has 1 unspecified atom stereocenters. The van der Waals surface area contributed by atoms with E-state index in [9.17, 15) is 0 Å². The molecule has 0 radical (unpaired) electrons.